The maximum absolute atomic E-state index is 11.0. The molecule has 0 atom stereocenters. The maximum atomic E-state index is 11.0. The Bertz CT molecular complexity index is 887. The largest absolute Gasteiger partial charge is 0.362 e. The number of rotatable bonds is 4. The monoisotopic (exact) mass is 312 g/mol. The first-order valence-corrected chi connectivity index (χ1v) is 7.07. The fraction of sp³-hybridized carbons (Fsp3) is 0.267. The molecular formula is C15H16N6O2. The van der Waals surface area contributed by atoms with Gasteiger partial charge < -0.3 is 4.90 Å². The number of fused-ring (bicyclic) bond motifs is 1. The fourth-order valence-electron chi connectivity index (χ4n) is 2.62. The standard InChI is InChI=1S/C15H16N6O2/c1-10-13(8-11-5-4-6-12(7-11)21(22)23)14(19(2)3)20-15(18-10)16-9-17-20/h4-7,9H,8H2,1-3H3. The van der Waals surface area contributed by atoms with E-state index < -0.39 is 0 Å². The van der Waals surface area contributed by atoms with Crippen molar-refractivity contribution in [2.45, 2.75) is 13.3 Å². The SMILES string of the molecule is Cc1nc2ncnn2c(N(C)C)c1Cc1cccc([N+](=O)[O-])c1. The van der Waals surface area contributed by atoms with Gasteiger partial charge in [0.05, 0.1) is 4.92 Å². The highest BCUT2D eigenvalue weighted by Gasteiger charge is 2.17. The molecular weight excluding hydrogens is 296 g/mol. The van der Waals surface area contributed by atoms with Gasteiger partial charge in [0.25, 0.3) is 11.5 Å². The third kappa shape index (κ3) is 2.70. The Morgan fingerprint density at radius 3 is 2.83 bits per heavy atom. The summed E-state index contributed by atoms with van der Waals surface area (Å²) in [5, 5.41) is 15.2. The Balaban J connectivity index is 2.12. The van der Waals surface area contributed by atoms with Crippen molar-refractivity contribution in [2.75, 3.05) is 19.0 Å². The van der Waals surface area contributed by atoms with E-state index in [1.807, 2.05) is 32.0 Å². The molecule has 3 aromatic rings. The highest BCUT2D eigenvalue weighted by atomic mass is 16.6. The number of non-ortho nitro benzene ring substituents is 1. The summed E-state index contributed by atoms with van der Waals surface area (Å²) in [5.74, 6) is 1.41. The molecule has 0 aliphatic rings. The molecule has 0 aliphatic carbocycles. The second-order valence-electron chi connectivity index (χ2n) is 5.47. The van der Waals surface area contributed by atoms with Gasteiger partial charge in [0, 0.05) is 43.9 Å². The topological polar surface area (TPSA) is 89.5 Å². The molecule has 3 rings (SSSR count). The second-order valence-corrected chi connectivity index (χ2v) is 5.47. The Morgan fingerprint density at radius 2 is 2.13 bits per heavy atom. The first-order valence-electron chi connectivity index (χ1n) is 7.07. The summed E-state index contributed by atoms with van der Waals surface area (Å²) in [7, 11) is 3.85. The van der Waals surface area contributed by atoms with Gasteiger partial charge in [-0.1, -0.05) is 12.1 Å². The number of aromatic nitrogens is 4. The molecule has 0 unspecified atom stereocenters. The van der Waals surface area contributed by atoms with Crippen molar-refractivity contribution >= 4 is 17.3 Å². The van der Waals surface area contributed by atoms with Gasteiger partial charge in [-0.15, -0.1) is 0 Å². The number of benzene rings is 1. The van der Waals surface area contributed by atoms with Gasteiger partial charge >= 0.3 is 0 Å². The first-order chi connectivity index (χ1) is 11.0. The number of nitrogens with zero attached hydrogens (tertiary/aromatic N) is 6. The molecule has 118 valence electrons. The van der Waals surface area contributed by atoms with Crippen LogP contribution >= 0.6 is 0 Å². The molecule has 0 N–H and O–H groups in total. The Kier molecular flexibility index (Phi) is 3.65. The first kappa shape index (κ1) is 14.9. The smallest absolute Gasteiger partial charge is 0.269 e. The van der Waals surface area contributed by atoms with Crippen LogP contribution in [0, 0.1) is 17.0 Å². The summed E-state index contributed by atoms with van der Waals surface area (Å²) >= 11 is 0. The summed E-state index contributed by atoms with van der Waals surface area (Å²) in [6.45, 7) is 1.91. The highest BCUT2D eigenvalue weighted by Crippen LogP contribution is 2.25. The maximum Gasteiger partial charge on any atom is 0.269 e. The van der Waals surface area contributed by atoms with Gasteiger partial charge in [-0.2, -0.15) is 14.6 Å². The van der Waals surface area contributed by atoms with E-state index in [-0.39, 0.29) is 10.6 Å². The van der Waals surface area contributed by atoms with Crippen LogP contribution in [0.1, 0.15) is 16.8 Å². The molecule has 23 heavy (non-hydrogen) atoms. The van der Waals surface area contributed by atoms with Crippen LogP contribution < -0.4 is 4.90 Å². The average Bonchev–Trinajstić information content (AvgIpc) is 2.95. The number of nitro groups is 1. The fourth-order valence-corrected chi connectivity index (χ4v) is 2.62. The van der Waals surface area contributed by atoms with Crippen molar-refractivity contribution in [1.29, 1.82) is 0 Å². The summed E-state index contributed by atoms with van der Waals surface area (Å²) in [5.41, 5.74) is 2.74. The minimum atomic E-state index is -0.387. The van der Waals surface area contributed by atoms with Crippen LogP contribution in [0.15, 0.2) is 30.6 Å². The Morgan fingerprint density at radius 1 is 1.35 bits per heavy atom. The van der Waals surface area contributed by atoms with E-state index in [9.17, 15) is 10.1 Å². The molecule has 0 saturated heterocycles. The molecule has 0 fully saturated rings. The lowest BCUT2D eigenvalue weighted by Crippen LogP contribution is -2.18. The van der Waals surface area contributed by atoms with E-state index in [2.05, 4.69) is 15.1 Å². The summed E-state index contributed by atoms with van der Waals surface area (Å²) < 4.78 is 1.68. The van der Waals surface area contributed by atoms with Gasteiger partial charge in [0.2, 0.25) is 0 Å². The summed E-state index contributed by atoms with van der Waals surface area (Å²) in [6, 6.07) is 6.64. The zero-order chi connectivity index (χ0) is 16.6. The van der Waals surface area contributed by atoms with Crippen molar-refractivity contribution in [3.8, 4) is 0 Å². The number of hydrogen-bond donors (Lipinski definition) is 0. The van der Waals surface area contributed by atoms with E-state index in [1.165, 1.54) is 12.4 Å². The van der Waals surface area contributed by atoms with Crippen molar-refractivity contribution in [1.82, 2.24) is 19.6 Å². The van der Waals surface area contributed by atoms with Gasteiger partial charge in [0.1, 0.15) is 12.1 Å². The van der Waals surface area contributed by atoms with Gasteiger partial charge in [0.15, 0.2) is 0 Å². The van der Waals surface area contributed by atoms with E-state index in [0.717, 1.165) is 22.6 Å². The van der Waals surface area contributed by atoms with Gasteiger partial charge in [-0.3, -0.25) is 10.1 Å². The highest BCUT2D eigenvalue weighted by molar-refractivity contribution is 5.55. The molecule has 0 bridgehead atoms. The third-order valence-electron chi connectivity index (χ3n) is 3.63. The molecule has 0 saturated carbocycles. The van der Waals surface area contributed by atoms with Crippen molar-refractivity contribution in [3.05, 3.63) is 57.5 Å². The minimum Gasteiger partial charge on any atom is -0.362 e. The van der Waals surface area contributed by atoms with E-state index >= 15 is 0 Å². The van der Waals surface area contributed by atoms with Crippen LogP contribution in [-0.4, -0.2) is 38.6 Å². The Labute approximate surface area is 132 Å². The lowest BCUT2D eigenvalue weighted by molar-refractivity contribution is -0.384. The third-order valence-corrected chi connectivity index (χ3v) is 3.63. The van der Waals surface area contributed by atoms with E-state index in [4.69, 9.17) is 0 Å². The normalized spacial score (nSPS) is 10.9. The predicted molar refractivity (Wildman–Crippen MR) is 85.7 cm³/mol. The second kappa shape index (κ2) is 5.64. The Hall–Kier alpha value is -3.03. The van der Waals surface area contributed by atoms with Crippen LogP contribution in [0.4, 0.5) is 11.5 Å². The van der Waals surface area contributed by atoms with E-state index in [0.29, 0.717) is 12.2 Å². The average molecular weight is 312 g/mol. The van der Waals surface area contributed by atoms with Crippen molar-refractivity contribution in [3.63, 3.8) is 0 Å². The molecule has 8 heteroatoms. The van der Waals surface area contributed by atoms with Crippen LogP contribution in [0.5, 0.6) is 0 Å². The van der Waals surface area contributed by atoms with Crippen LogP contribution in [0.25, 0.3) is 5.78 Å². The van der Waals surface area contributed by atoms with Crippen LogP contribution in [0.3, 0.4) is 0 Å². The molecule has 0 amide bonds. The number of nitro benzene ring substituents is 1. The quantitative estimate of drug-likeness (QED) is 0.540. The van der Waals surface area contributed by atoms with Crippen molar-refractivity contribution < 1.29 is 4.92 Å². The summed E-state index contributed by atoms with van der Waals surface area (Å²) in [6.07, 6.45) is 2.00. The zero-order valence-corrected chi connectivity index (χ0v) is 13.1. The molecule has 1 aromatic carbocycles. The predicted octanol–water partition coefficient (Wildman–Crippen LogP) is 2.00. The van der Waals surface area contributed by atoms with Crippen molar-refractivity contribution in [2.24, 2.45) is 0 Å². The molecule has 2 heterocycles. The lowest BCUT2D eigenvalue weighted by Gasteiger charge is -2.19. The summed E-state index contributed by atoms with van der Waals surface area (Å²) in [4.78, 5) is 21.1. The van der Waals surface area contributed by atoms with Crippen LogP contribution in [0.2, 0.25) is 0 Å². The molecule has 0 aliphatic heterocycles. The lowest BCUT2D eigenvalue weighted by atomic mass is 10.0. The number of aryl methyl sites for hydroxylation is 1. The van der Waals surface area contributed by atoms with Gasteiger partial charge in [-0.25, -0.2) is 4.98 Å². The number of anilines is 1. The molecule has 8 nitrogen and oxygen atoms in total. The van der Waals surface area contributed by atoms with E-state index in [1.54, 1.807) is 16.6 Å². The van der Waals surface area contributed by atoms with Gasteiger partial charge in [-0.05, 0) is 12.5 Å². The molecule has 2 aromatic heterocycles. The molecule has 0 spiro atoms. The number of hydrogen-bond acceptors (Lipinski definition) is 6. The zero-order valence-electron chi connectivity index (χ0n) is 13.1. The molecule has 0 radical (unpaired) electrons. The van der Waals surface area contributed by atoms with Crippen LogP contribution in [-0.2, 0) is 6.42 Å². The minimum absolute atomic E-state index is 0.0846.